The van der Waals surface area contributed by atoms with E-state index in [-0.39, 0.29) is 47.2 Å². The van der Waals surface area contributed by atoms with Crippen LogP contribution in [0.4, 0.5) is 0 Å². The molecule has 0 N–H and O–H groups in total. The van der Waals surface area contributed by atoms with E-state index in [4.69, 9.17) is 14.2 Å². The largest absolute Gasteiger partial charge is 0.496 e. The summed E-state index contributed by atoms with van der Waals surface area (Å²) in [6.07, 6.45) is 9.21. The Hall–Kier alpha value is -3.60. The van der Waals surface area contributed by atoms with Gasteiger partial charge in [-0.05, 0) is 48.6 Å². The molecule has 2 aromatic carbocycles. The van der Waals surface area contributed by atoms with Gasteiger partial charge in [-0.3, -0.25) is 19.2 Å². The first-order valence-corrected chi connectivity index (χ1v) is 14.6. The minimum absolute atomic E-state index is 0.0394. The van der Waals surface area contributed by atoms with Crippen molar-refractivity contribution in [3.63, 3.8) is 0 Å². The fraction of sp³-hybridized carbons (Fsp3) is 0.250. The van der Waals surface area contributed by atoms with Crippen LogP contribution in [-0.2, 0) is 23.9 Å². The van der Waals surface area contributed by atoms with E-state index in [1.54, 1.807) is 50.0 Å². The molecule has 1 unspecified atom stereocenters. The van der Waals surface area contributed by atoms with Crippen molar-refractivity contribution < 1.29 is 37.8 Å². The number of benzene rings is 2. The molecule has 216 valence electrons. The lowest BCUT2D eigenvalue weighted by molar-refractivity contribution is -0.127. The molecule has 4 aliphatic rings. The van der Waals surface area contributed by atoms with Crippen LogP contribution in [0.25, 0.3) is 0 Å². The van der Waals surface area contributed by atoms with Crippen molar-refractivity contribution in [2.75, 3.05) is 14.2 Å². The van der Waals surface area contributed by atoms with E-state index in [0.717, 1.165) is 8.95 Å². The number of rotatable bonds is 4. The molecule has 0 spiro atoms. The summed E-state index contributed by atoms with van der Waals surface area (Å²) in [6, 6.07) is 14.3. The van der Waals surface area contributed by atoms with Crippen molar-refractivity contribution in [2.24, 2.45) is 11.8 Å². The number of furan rings is 1. The molecule has 10 heteroatoms. The Labute approximate surface area is 259 Å². The van der Waals surface area contributed by atoms with E-state index in [0.29, 0.717) is 22.6 Å². The third-order valence-corrected chi connectivity index (χ3v) is 8.53. The predicted molar refractivity (Wildman–Crippen MR) is 160 cm³/mol. The zero-order valence-electron chi connectivity index (χ0n) is 22.6. The van der Waals surface area contributed by atoms with Crippen LogP contribution in [0, 0.1) is 11.8 Å². The van der Waals surface area contributed by atoms with Gasteiger partial charge in [-0.25, -0.2) is 0 Å². The van der Waals surface area contributed by atoms with Crippen LogP contribution in [0.15, 0.2) is 98.7 Å². The van der Waals surface area contributed by atoms with Gasteiger partial charge < -0.3 is 18.6 Å². The summed E-state index contributed by atoms with van der Waals surface area (Å²) >= 11 is 6.68. The number of hydrogen-bond donors (Lipinski definition) is 0. The van der Waals surface area contributed by atoms with Gasteiger partial charge in [0.25, 0.3) is 0 Å². The Morgan fingerprint density at radius 3 is 1.52 bits per heavy atom. The predicted octanol–water partition coefficient (Wildman–Crippen LogP) is 5.79. The lowest BCUT2D eigenvalue weighted by Gasteiger charge is -2.15. The number of carbonyl (C=O) groups is 4. The maximum Gasteiger partial charge on any atom is 0.171 e. The summed E-state index contributed by atoms with van der Waals surface area (Å²) in [5, 5.41) is 0. The van der Waals surface area contributed by atoms with Gasteiger partial charge in [0.2, 0.25) is 0 Å². The van der Waals surface area contributed by atoms with Gasteiger partial charge in [0.15, 0.2) is 23.1 Å². The van der Waals surface area contributed by atoms with E-state index in [9.17, 15) is 19.2 Å². The van der Waals surface area contributed by atoms with Crippen LogP contribution in [0.5, 0.6) is 11.5 Å². The fourth-order valence-corrected chi connectivity index (χ4v) is 6.38. The smallest absolute Gasteiger partial charge is 0.171 e. The zero-order chi connectivity index (χ0) is 30.0. The summed E-state index contributed by atoms with van der Waals surface area (Å²) in [5.74, 6) is -1.46. The van der Waals surface area contributed by atoms with Crippen molar-refractivity contribution in [1.29, 1.82) is 0 Å². The number of Topliss-reactive ketones (excluding diaryl/α,β-unsaturated/α-hetero) is 2. The lowest BCUT2D eigenvalue weighted by atomic mass is 9.85. The number of allylic oxidation sites excluding steroid dienone is 2. The average Bonchev–Trinajstić information content (AvgIpc) is 3.83. The van der Waals surface area contributed by atoms with Crippen LogP contribution in [-0.4, -0.2) is 49.6 Å². The van der Waals surface area contributed by atoms with Crippen molar-refractivity contribution in [1.82, 2.24) is 0 Å². The highest BCUT2D eigenvalue weighted by Crippen LogP contribution is 2.50. The van der Waals surface area contributed by atoms with Crippen LogP contribution in [0.3, 0.4) is 0 Å². The van der Waals surface area contributed by atoms with E-state index in [1.807, 2.05) is 30.4 Å². The topological polar surface area (TPSA) is 109 Å². The highest BCUT2D eigenvalue weighted by molar-refractivity contribution is 9.10. The third kappa shape index (κ3) is 5.71. The molecule has 3 aromatic rings. The number of methoxy groups -OCH3 is 2. The first-order chi connectivity index (χ1) is 20.2. The molecule has 1 saturated heterocycles. The Morgan fingerprint density at radius 2 is 1.12 bits per heavy atom. The second kappa shape index (κ2) is 12.7. The van der Waals surface area contributed by atoms with Crippen molar-refractivity contribution in [3.8, 4) is 11.5 Å². The fourth-order valence-electron chi connectivity index (χ4n) is 5.70. The molecule has 0 radical (unpaired) electrons. The molecule has 42 heavy (non-hydrogen) atoms. The van der Waals surface area contributed by atoms with E-state index < -0.39 is 11.8 Å². The highest BCUT2D eigenvalue weighted by Gasteiger charge is 2.61. The number of halogens is 2. The SMILES string of the molecule is COc1cc(Br)ccc1C1C(=O)C=CC1=O.COc1cc(Br)ccc1C1C(=O)[C@@H]2[C@H](C1=O)[C@H]1C=C[C@@H]2O1.c1ccoc1. The maximum atomic E-state index is 12.7. The zero-order valence-corrected chi connectivity index (χ0v) is 25.7. The van der Waals surface area contributed by atoms with Crippen LogP contribution < -0.4 is 9.47 Å². The normalized spacial score (nSPS) is 25.2. The molecule has 1 saturated carbocycles. The first-order valence-electron chi connectivity index (χ1n) is 13.1. The maximum absolute atomic E-state index is 12.7. The molecular formula is C32H26Br2O8. The summed E-state index contributed by atoms with van der Waals surface area (Å²) in [7, 11) is 3.06. The van der Waals surface area contributed by atoms with Gasteiger partial charge in [0.1, 0.15) is 23.3 Å². The van der Waals surface area contributed by atoms with E-state index in [1.165, 1.54) is 19.3 Å². The monoisotopic (exact) mass is 696 g/mol. The van der Waals surface area contributed by atoms with Crippen LogP contribution in [0.2, 0.25) is 0 Å². The Bertz CT molecular complexity index is 1510. The minimum Gasteiger partial charge on any atom is -0.496 e. The molecule has 2 aliphatic carbocycles. The Kier molecular flexibility index (Phi) is 9.05. The summed E-state index contributed by atoms with van der Waals surface area (Å²) in [6.45, 7) is 0. The number of carbonyl (C=O) groups excluding carboxylic acids is 4. The van der Waals surface area contributed by atoms with Gasteiger partial charge >= 0.3 is 0 Å². The third-order valence-electron chi connectivity index (χ3n) is 7.54. The highest BCUT2D eigenvalue weighted by atomic mass is 79.9. The molecule has 8 nitrogen and oxygen atoms in total. The van der Waals surface area contributed by atoms with Gasteiger partial charge in [-0.15, -0.1) is 0 Å². The van der Waals surface area contributed by atoms with Crippen molar-refractivity contribution in [2.45, 2.75) is 24.0 Å². The lowest BCUT2D eigenvalue weighted by Crippen LogP contribution is -2.26. The standard InChI is InChI=1S/C16H13BrO4.C12H9BrO3.C4H4O/c1-20-11-6-7(17)2-3-8(11)12-15(18)13-9-4-5-10(21-9)14(13)16(12)19;1-16-11-6-7(13)2-3-8(11)12-9(14)4-5-10(12)15;1-2-4-5-3-1/h2-6,9-10,12-14H,1H3;2-6,12H,1H3;1-4H/t9-,10+,12?,13-,14+;;. The molecule has 2 fully saturated rings. The van der Waals surface area contributed by atoms with E-state index >= 15 is 0 Å². The molecule has 2 bridgehead atoms. The quantitative estimate of drug-likeness (QED) is 0.249. The molecule has 7 rings (SSSR count). The first kappa shape index (κ1) is 29.9. The average molecular weight is 698 g/mol. The molecule has 5 atom stereocenters. The van der Waals surface area contributed by atoms with Crippen molar-refractivity contribution >= 4 is 55.0 Å². The Morgan fingerprint density at radius 1 is 0.667 bits per heavy atom. The van der Waals surface area contributed by atoms with Gasteiger partial charge in [-0.2, -0.15) is 0 Å². The molecule has 3 heterocycles. The Balaban J connectivity index is 0.000000148. The van der Waals surface area contributed by atoms with Gasteiger partial charge in [-0.1, -0.05) is 56.1 Å². The van der Waals surface area contributed by atoms with Crippen LogP contribution >= 0.6 is 31.9 Å². The number of ketones is 4. The summed E-state index contributed by atoms with van der Waals surface area (Å²) < 4.78 is 22.4. The van der Waals surface area contributed by atoms with Gasteiger partial charge in [0.05, 0.1) is 50.8 Å². The number of ether oxygens (including phenoxy) is 3. The number of fused-ring (bicyclic) bond motifs is 5. The molecule has 1 aromatic heterocycles. The van der Waals surface area contributed by atoms with E-state index in [2.05, 4.69) is 36.3 Å². The van der Waals surface area contributed by atoms with Crippen LogP contribution in [0.1, 0.15) is 23.0 Å². The number of hydrogen-bond acceptors (Lipinski definition) is 8. The molecule has 2 aliphatic heterocycles. The molecule has 0 amide bonds. The minimum atomic E-state index is -0.733. The second-order valence-corrected chi connectivity index (χ2v) is 11.7. The summed E-state index contributed by atoms with van der Waals surface area (Å²) in [4.78, 5) is 48.6. The van der Waals surface area contributed by atoms with Crippen molar-refractivity contribution in [3.05, 3.63) is 105 Å². The summed E-state index contributed by atoms with van der Waals surface area (Å²) in [5.41, 5.74) is 1.27. The molecular weight excluding hydrogens is 672 g/mol. The second-order valence-electron chi connectivity index (χ2n) is 9.88. The van der Waals surface area contributed by atoms with Gasteiger partial charge in [0, 0.05) is 20.1 Å².